The minimum atomic E-state index is -1.90. The third kappa shape index (κ3) is 3.99. The fraction of sp³-hybridized carbons (Fsp3) is 0.261. The van der Waals surface area contributed by atoms with Gasteiger partial charge in [0.05, 0.1) is 19.0 Å². The van der Waals surface area contributed by atoms with E-state index in [9.17, 15) is 18.4 Å². The highest BCUT2D eigenvalue weighted by molar-refractivity contribution is 6.00. The van der Waals surface area contributed by atoms with Crippen LogP contribution >= 0.6 is 0 Å². The number of nitrogens with zero attached hydrogens (tertiary/aromatic N) is 4. The van der Waals surface area contributed by atoms with E-state index in [4.69, 9.17) is 5.73 Å². The van der Waals surface area contributed by atoms with Gasteiger partial charge in [0.1, 0.15) is 6.33 Å². The Morgan fingerprint density at radius 2 is 1.84 bits per heavy atom. The van der Waals surface area contributed by atoms with Crippen molar-refractivity contribution in [2.45, 2.75) is 25.4 Å². The molecule has 1 atom stereocenters. The van der Waals surface area contributed by atoms with Crippen molar-refractivity contribution < 1.29 is 13.6 Å². The molecule has 1 aromatic heterocycles. The maximum absolute atomic E-state index is 13.1. The maximum atomic E-state index is 13.1. The van der Waals surface area contributed by atoms with Crippen molar-refractivity contribution in [2.75, 3.05) is 18.5 Å². The smallest absolute Gasteiger partial charge is 0.327 e. The Bertz CT molecular complexity index is 1240. The summed E-state index contributed by atoms with van der Waals surface area (Å²) < 4.78 is 28.1. The summed E-state index contributed by atoms with van der Waals surface area (Å²) in [6.07, 6.45) is -0.0298. The summed E-state index contributed by atoms with van der Waals surface area (Å²) in [5.74, 6) is -0.403. The predicted octanol–water partition coefficient (Wildman–Crippen LogP) is 2.51. The Morgan fingerprint density at radius 3 is 2.59 bits per heavy atom. The molecule has 4 rings (SSSR count). The molecule has 7 nitrogen and oxygen atoms in total. The van der Waals surface area contributed by atoms with Crippen LogP contribution in [0.3, 0.4) is 0 Å². The maximum Gasteiger partial charge on any atom is 0.346 e. The van der Waals surface area contributed by atoms with Gasteiger partial charge in [-0.2, -0.15) is 13.9 Å². The highest BCUT2D eigenvalue weighted by atomic mass is 19.3. The largest absolute Gasteiger partial charge is 0.346 e. The molecule has 32 heavy (non-hydrogen) atoms. The molecule has 1 aliphatic heterocycles. The minimum absolute atomic E-state index is 0.0182. The monoisotopic (exact) mass is 439 g/mol. The van der Waals surface area contributed by atoms with Crippen LogP contribution in [0.4, 0.5) is 14.5 Å². The molecule has 1 unspecified atom stereocenters. The lowest BCUT2D eigenvalue weighted by atomic mass is 9.84. The van der Waals surface area contributed by atoms with Crippen molar-refractivity contribution >= 4 is 11.6 Å². The molecule has 1 aliphatic rings. The van der Waals surface area contributed by atoms with Crippen LogP contribution in [0.25, 0.3) is 0 Å². The van der Waals surface area contributed by atoms with E-state index in [1.54, 1.807) is 11.9 Å². The zero-order valence-electron chi connectivity index (χ0n) is 17.5. The molecule has 0 aliphatic carbocycles. The number of aromatic nitrogens is 3. The van der Waals surface area contributed by atoms with Crippen LogP contribution in [0.5, 0.6) is 0 Å². The lowest BCUT2D eigenvalue weighted by molar-refractivity contribution is -0.120. The van der Waals surface area contributed by atoms with E-state index in [0.717, 1.165) is 27.1 Å². The first-order valence-electron chi connectivity index (χ1n) is 10.2. The second-order valence-electron chi connectivity index (χ2n) is 7.75. The Labute approximate surface area is 183 Å². The van der Waals surface area contributed by atoms with Crippen molar-refractivity contribution in [3.05, 3.63) is 93.7 Å². The van der Waals surface area contributed by atoms with Crippen LogP contribution in [-0.4, -0.2) is 33.8 Å². The van der Waals surface area contributed by atoms with Gasteiger partial charge in [-0.3, -0.25) is 9.36 Å². The summed E-state index contributed by atoms with van der Waals surface area (Å²) in [5.41, 5.74) is 8.08. The molecule has 0 bridgehead atoms. The van der Waals surface area contributed by atoms with Crippen molar-refractivity contribution in [1.82, 2.24) is 14.3 Å². The number of hydrogen-bond donors (Lipinski definition) is 1. The first kappa shape index (κ1) is 21.6. The van der Waals surface area contributed by atoms with Gasteiger partial charge in [0.2, 0.25) is 5.91 Å². The number of para-hydroxylation sites is 1. The lowest BCUT2D eigenvalue weighted by Gasteiger charge is -2.32. The van der Waals surface area contributed by atoms with Gasteiger partial charge in [-0.05, 0) is 29.2 Å². The lowest BCUT2D eigenvalue weighted by Crippen LogP contribution is -2.37. The first-order valence-corrected chi connectivity index (χ1v) is 10.2. The predicted molar refractivity (Wildman–Crippen MR) is 117 cm³/mol. The van der Waals surface area contributed by atoms with Gasteiger partial charge in [0, 0.05) is 24.9 Å². The number of fused-ring (bicyclic) bond motifs is 1. The number of carbonyl (C=O) groups excluding carboxylic acids is 1. The molecule has 0 saturated heterocycles. The quantitative estimate of drug-likeness (QED) is 0.640. The molecule has 9 heteroatoms. The number of likely N-dealkylation sites (N-methyl/N-ethyl adjacent to an activating group) is 1. The number of benzene rings is 2. The topological polar surface area (TPSA) is 86.2 Å². The van der Waals surface area contributed by atoms with Gasteiger partial charge >= 0.3 is 5.69 Å². The summed E-state index contributed by atoms with van der Waals surface area (Å²) in [6.45, 7) is -0.553. The van der Waals surface area contributed by atoms with Gasteiger partial charge < -0.3 is 10.6 Å². The number of rotatable bonds is 6. The van der Waals surface area contributed by atoms with Gasteiger partial charge in [0.25, 0.3) is 6.08 Å². The number of nitrogens with two attached hydrogens (primary N) is 1. The molecule has 0 fully saturated rings. The third-order valence-corrected chi connectivity index (χ3v) is 5.83. The van der Waals surface area contributed by atoms with Gasteiger partial charge in [-0.25, -0.2) is 9.48 Å². The van der Waals surface area contributed by atoms with Crippen molar-refractivity contribution in [3.63, 3.8) is 0 Å². The second kappa shape index (κ2) is 8.88. The number of amides is 1. The number of hydrogen-bond acceptors (Lipinski definition) is 4. The summed E-state index contributed by atoms with van der Waals surface area (Å²) in [5, 5.41) is 3.95. The summed E-state index contributed by atoms with van der Waals surface area (Å²) in [6, 6.07) is 15.2. The number of carbonyl (C=O) groups is 1. The van der Waals surface area contributed by atoms with Gasteiger partial charge in [-0.1, -0.05) is 42.5 Å². The zero-order valence-corrected chi connectivity index (χ0v) is 17.5. The average molecular weight is 439 g/mol. The number of halogens is 2. The summed E-state index contributed by atoms with van der Waals surface area (Å²) in [7, 11) is 1.76. The van der Waals surface area contributed by atoms with Crippen LogP contribution in [0.15, 0.2) is 71.3 Å². The molecule has 1 amide bonds. The van der Waals surface area contributed by atoms with Crippen molar-refractivity contribution in [2.24, 2.45) is 5.73 Å². The van der Waals surface area contributed by atoms with E-state index < -0.39 is 11.8 Å². The second-order valence-corrected chi connectivity index (χ2v) is 7.75. The van der Waals surface area contributed by atoms with Crippen molar-refractivity contribution in [3.8, 4) is 0 Å². The SMILES string of the molecule is CN1C(=O)C(c2ccccc2Cn2cnn(CC(CN)=C(F)F)c2=O)Cc2ccccc21. The molecular weight excluding hydrogens is 416 g/mol. The van der Waals surface area contributed by atoms with E-state index >= 15 is 0 Å². The molecule has 3 aromatic rings. The number of anilines is 1. The van der Waals surface area contributed by atoms with E-state index in [2.05, 4.69) is 5.10 Å². The molecule has 0 radical (unpaired) electrons. The van der Waals surface area contributed by atoms with Gasteiger partial charge in [0.15, 0.2) is 0 Å². The van der Waals surface area contributed by atoms with E-state index in [0.29, 0.717) is 6.42 Å². The standard InChI is InChI=1S/C23H23F2N5O2/c1-28-20-9-5-3-6-15(20)10-19(22(28)31)18-8-4-2-7-16(18)12-29-14-27-30(23(29)32)13-17(11-26)21(24)25/h2-9,14,19H,10-13,26H2,1H3. The normalized spacial score (nSPS) is 15.6. The molecule has 2 heterocycles. The van der Waals surface area contributed by atoms with Crippen LogP contribution in [0, 0.1) is 0 Å². The first-order chi connectivity index (χ1) is 15.4. The van der Waals surface area contributed by atoms with Crippen LogP contribution in [0.1, 0.15) is 22.6 Å². The molecule has 0 saturated carbocycles. The molecule has 2 N–H and O–H groups in total. The van der Waals surface area contributed by atoms with Gasteiger partial charge in [-0.15, -0.1) is 0 Å². The van der Waals surface area contributed by atoms with Crippen LogP contribution < -0.4 is 16.3 Å². The Kier molecular flexibility index (Phi) is 6.00. The van der Waals surface area contributed by atoms with Crippen LogP contribution in [0.2, 0.25) is 0 Å². The minimum Gasteiger partial charge on any atom is -0.327 e. The molecule has 0 spiro atoms. The fourth-order valence-corrected chi connectivity index (χ4v) is 4.09. The van der Waals surface area contributed by atoms with Crippen molar-refractivity contribution in [1.29, 1.82) is 0 Å². The fourth-order valence-electron chi connectivity index (χ4n) is 4.09. The summed E-state index contributed by atoms with van der Waals surface area (Å²) in [4.78, 5) is 27.5. The highest BCUT2D eigenvalue weighted by Gasteiger charge is 2.32. The van der Waals surface area contributed by atoms with Crippen LogP contribution in [-0.2, 0) is 24.3 Å². The Balaban J connectivity index is 1.64. The molecule has 166 valence electrons. The Morgan fingerprint density at radius 1 is 1.12 bits per heavy atom. The zero-order chi connectivity index (χ0) is 22.8. The average Bonchev–Trinajstić information content (AvgIpc) is 3.13. The summed E-state index contributed by atoms with van der Waals surface area (Å²) >= 11 is 0. The molecular formula is C23H23F2N5O2. The third-order valence-electron chi connectivity index (χ3n) is 5.83. The Hall–Kier alpha value is -3.59. The van der Waals surface area contributed by atoms with E-state index in [-0.39, 0.29) is 37.0 Å². The van der Waals surface area contributed by atoms with E-state index in [1.165, 1.54) is 10.9 Å². The highest BCUT2D eigenvalue weighted by Crippen LogP contribution is 2.35. The molecule has 2 aromatic carbocycles. The van der Waals surface area contributed by atoms with E-state index in [1.807, 2.05) is 48.5 Å².